The van der Waals surface area contributed by atoms with Gasteiger partial charge in [0.1, 0.15) is 54.3 Å². The molecule has 0 aromatic heterocycles. The SMILES string of the molecule is CC(C)C[C@@H]1NC(=O)[C@H](CCCN)NC(=O)[C@@H](C(C)C)C(=O)[C@H](CC(=O)O)NC(=O)[C@@H](Cc2ccccc2)NC(=O)[C@H](CC(C)C)NC(=O)[C@H](CCCN)NC(=O)[C@H](C(C)C)NC(=O)[C@H](CC(=O)O)NC(=O)[C@@H](Cc2ccccc2)NC1=O. The molecule has 0 spiro atoms. The van der Waals surface area contributed by atoms with Crippen LogP contribution in [0, 0.1) is 29.6 Å². The predicted octanol–water partition coefficient (Wildman–Crippen LogP) is -0.135. The van der Waals surface area contributed by atoms with Gasteiger partial charge in [0.05, 0.1) is 18.9 Å². The fourth-order valence-electron chi connectivity index (χ4n) is 9.41. The molecular formula is C58H87N11O14. The Labute approximate surface area is 484 Å². The zero-order chi connectivity index (χ0) is 62.1. The van der Waals surface area contributed by atoms with Crippen LogP contribution in [0.1, 0.15) is 118 Å². The van der Waals surface area contributed by atoms with Crippen LogP contribution in [-0.4, -0.2) is 149 Å². The number of carbonyl (C=O) groups excluding carboxylic acids is 10. The summed E-state index contributed by atoms with van der Waals surface area (Å²) in [5, 5.41) is 43.4. The average Bonchev–Trinajstić information content (AvgIpc) is 3.45. The first-order chi connectivity index (χ1) is 39.1. The van der Waals surface area contributed by atoms with Crippen molar-refractivity contribution in [2.75, 3.05) is 13.1 Å². The van der Waals surface area contributed by atoms with Gasteiger partial charge in [0.2, 0.25) is 53.2 Å². The van der Waals surface area contributed by atoms with E-state index in [1.165, 1.54) is 13.8 Å². The van der Waals surface area contributed by atoms with Crippen molar-refractivity contribution in [2.24, 2.45) is 41.1 Å². The first-order valence-corrected chi connectivity index (χ1v) is 28.3. The lowest BCUT2D eigenvalue weighted by atomic mass is 9.85. The van der Waals surface area contributed by atoms with Gasteiger partial charge in [-0.2, -0.15) is 0 Å². The number of amides is 9. The zero-order valence-electron chi connectivity index (χ0n) is 48.8. The van der Waals surface area contributed by atoms with Crippen molar-refractivity contribution in [3.63, 3.8) is 0 Å². The third-order valence-electron chi connectivity index (χ3n) is 13.7. The normalized spacial score (nSPS) is 24.7. The molecule has 9 amide bonds. The Balaban J connectivity index is 2.32. The summed E-state index contributed by atoms with van der Waals surface area (Å²) in [7, 11) is 0. The quantitative estimate of drug-likeness (QED) is 0.0768. The molecule has 1 aliphatic heterocycles. The lowest BCUT2D eigenvalue weighted by Gasteiger charge is -2.29. The molecule has 10 atom stereocenters. The summed E-state index contributed by atoms with van der Waals surface area (Å²) in [6.45, 7) is 13.3. The monoisotopic (exact) mass is 1160 g/mol. The fraction of sp³-hybridized carbons (Fsp3) is 0.586. The Morgan fingerprint density at radius 1 is 0.410 bits per heavy atom. The van der Waals surface area contributed by atoms with E-state index in [0.29, 0.717) is 11.1 Å². The van der Waals surface area contributed by atoms with Gasteiger partial charge in [-0.05, 0) is 86.4 Å². The van der Waals surface area contributed by atoms with E-state index < -0.39 is 156 Å². The van der Waals surface area contributed by atoms with Crippen LogP contribution in [-0.2, 0) is 70.4 Å². The fourth-order valence-corrected chi connectivity index (χ4v) is 9.41. The van der Waals surface area contributed by atoms with Gasteiger partial charge in [0.25, 0.3) is 0 Å². The van der Waals surface area contributed by atoms with Crippen LogP contribution in [0.5, 0.6) is 0 Å². The van der Waals surface area contributed by atoms with Gasteiger partial charge in [-0.25, -0.2) is 0 Å². The number of aliphatic carboxylic acids is 2. The van der Waals surface area contributed by atoms with Crippen LogP contribution in [0.15, 0.2) is 60.7 Å². The Kier molecular flexibility index (Phi) is 29.0. The molecule has 0 saturated carbocycles. The molecule has 25 nitrogen and oxygen atoms in total. The van der Waals surface area contributed by atoms with Crippen LogP contribution in [0.25, 0.3) is 0 Å². The second kappa shape index (κ2) is 34.6. The molecule has 0 unspecified atom stereocenters. The number of carbonyl (C=O) groups is 12. The number of rotatable bonds is 20. The van der Waals surface area contributed by atoms with Gasteiger partial charge in [-0.15, -0.1) is 0 Å². The third-order valence-corrected chi connectivity index (χ3v) is 13.7. The molecule has 1 saturated heterocycles. The number of Topliss-reactive ketones (excluding diaryl/α,β-unsaturated/α-hetero) is 1. The highest BCUT2D eigenvalue weighted by Gasteiger charge is 2.41. The minimum Gasteiger partial charge on any atom is -0.481 e. The van der Waals surface area contributed by atoms with Gasteiger partial charge in [-0.1, -0.05) is 116 Å². The summed E-state index contributed by atoms with van der Waals surface area (Å²) in [6, 6.07) is 2.86. The van der Waals surface area contributed by atoms with E-state index in [-0.39, 0.29) is 76.3 Å². The topological polar surface area (TPSA) is 406 Å². The maximum Gasteiger partial charge on any atom is 0.305 e. The molecule has 458 valence electrons. The highest BCUT2D eigenvalue weighted by atomic mass is 16.4. The first-order valence-electron chi connectivity index (χ1n) is 28.3. The number of carboxylic acid groups (broad SMARTS) is 2. The molecule has 15 N–H and O–H groups in total. The lowest BCUT2D eigenvalue weighted by Crippen LogP contribution is -2.61. The van der Waals surface area contributed by atoms with Crippen molar-refractivity contribution in [2.45, 2.75) is 174 Å². The predicted molar refractivity (Wildman–Crippen MR) is 306 cm³/mol. The summed E-state index contributed by atoms with van der Waals surface area (Å²) in [5.41, 5.74) is 12.7. The maximum atomic E-state index is 14.7. The molecule has 1 heterocycles. The summed E-state index contributed by atoms with van der Waals surface area (Å²) < 4.78 is 0. The molecule has 0 aliphatic carbocycles. The summed E-state index contributed by atoms with van der Waals surface area (Å²) in [4.78, 5) is 169. The number of ketones is 1. The van der Waals surface area contributed by atoms with E-state index in [2.05, 4.69) is 47.9 Å². The van der Waals surface area contributed by atoms with Crippen LogP contribution in [0.2, 0.25) is 0 Å². The van der Waals surface area contributed by atoms with E-state index >= 15 is 0 Å². The molecule has 1 aliphatic rings. The second-order valence-electron chi connectivity index (χ2n) is 22.5. The van der Waals surface area contributed by atoms with Crippen molar-refractivity contribution < 1.29 is 67.7 Å². The average molecular weight is 1160 g/mol. The minimum atomic E-state index is -1.88. The summed E-state index contributed by atoms with van der Waals surface area (Å²) in [5.74, 6) is -16.6. The van der Waals surface area contributed by atoms with Gasteiger partial charge in [0, 0.05) is 12.8 Å². The molecule has 3 rings (SSSR count). The van der Waals surface area contributed by atoms with E-state index in [4.69, 9.17) is 11.5 Å². The largest absolute Gasteiger partial charge is 0.481 e. The molecule has 83 heavy (non-hydrogen) atoms. The van der Waals surface area contributed by atoms with Crippen LogP contribution in [0.3, 0.4) is 0 Å². The minimum absolute atomic E-state index is 0.0139. The number of benzene rings is 2. The lowest BCUT2D eigenvalue weighted by molar-refractivity contribution is -0.145. The van der Waals surface area contributed by atoms with Crippen molar-refractivity contribution in [3.05, 3.63) is 71.8 Å². The van der Waals surface area contributed by atoms with E-state index in [1.54, 1.807) is 102 Å². The summed E-state index contributed by atoms with van der Waals surface area (Å²) >= 11 is 0. The molecule has 0 bridgehead atoms. The maximum absolute atomic E-state index is 14.7. The number of hydrogen-bond acceptors (Lipinski definition) is 14. The Morgan fingerprint density at radius 2 is 0.735 bits per heavy atom. The second-order valence-corrected chi connectivity index (χ2v) is 22.5. The molecule has 1 fully saturated rings. The van der Waals surface area contributed by atoms with Gasteiger partial charge < -0.3 is 69.5 Å². The molecule has 2 aromatic carbocycles. The smallest absolute Gasteiger partial charge is 0.305 e. The highest BCUT2D eigenvalue weighted by Crippen LogP contribution is 2.19. The van der Waals surface area contributed by atoms with Crippen LogP contribution >= 0.6 is 0 Å². The van der Waals surface area contributed by atoms with Gasteiger partial charge >= 0.3 is 11.9 Å². The Hall–Kier alpha value is -7.80. The van der Waals surface area contributed by atoms with E-state index in [1.807, 2.05) is 0 Å². The summed E-state index contributed by atoms with van der Waals surface area (Å²) in [6.07, 6.45) is -2.31. The number of nitrogens with one attached hydrogen (secondary N) is 9. The third kappa shape index (κ3) is 23.5. The molecule has 25 heteroatoms. The standard InChI is InChI=1S/C58H87N11O14/c1-31(2)25-40-53(78)67-43(28-36-19-13-10-14-20-36)55(80)68-44(30-46(72)73)56(81)69-48(34(7)8)58(83)62-38(22-16-24-60)51(76)65-41(26-32(3)4)52(77)66-42(27-35-17-11-9-12-18-35)54(79)63-39(29-45(70)71)49(74)47(33(5)6)57(82)61-37(21-15-23-59)50(75)64-40/h9-14,17-20,31-34,37-44,47-48H,15-16,21-30,59-60H2,1-8H3,(H,61,82)(H,62,83)(H,63,79)(H,64,75)(H,65,76)(H,66,77)(H,67,78)(H,68,80)(H,69,81)(H,70,71)(H,72,73)/t37-,38-,39-,40-,41-,42+,43+,44-,47-,48-/m0/s1. The molecular weight excluding hydrogens is 1070 g/mol. The first kappa shape index (κ1) is 69.5. The number of nitrogens with two attached hydrogens (primary N) is 2. The van der Waals surface area contributed by atoms with Crippen LogP contribution in [0.4, 0.5) is 0 Å². The zero-order valence-corrected chi connectivity index (χ0v) is 48.8. The van der Waals surface area contributed by atoms with Gasteiger partial charge in [-0.3, -0.25) is 57.5 Å². The van der Waals surface area contributed by atoms with Crippen molar-refractivity contribution in [1.82, 2.24) is 47.9 Å². The van der Waals surface area contributed by atoms with Crippen LogP contribution < -0.4 is 59.3 Å². The van der Waals surface area contributed by atoms with Crippen molar-refractivity contribution in [3.8, 4) is 0 Å². The Bertz CT molecular complexity index is 2550. The number of carboxylic acids is 2. The van der Waals surface area contributed by atoms with E-state index in [0.717, 1.165) is 0 Å². The van der Waals surface area contributed by atoms with Gasteiger partial charge in [0.15, 0.2) is 5.78 Å². The Morgan fingerprint density at radius 3 is 1.11 bits per heavy atom. The molecule has 0 radical (unpaired) electrons. The van der Waals surface area contributed by atoms with Crippen molar-refractivity contribution in [1.29, 1.82) is 0 Å². The highest BCUT2D eigenvalue weighted by molar-refractivity contribution is 6.08. The molecule has 2 aromatic rings. The van der Waals surface area contributed by atoms with E-state index in [9.17, 15) is 67.7 Å². The number of hydrogen-bond donors (Lipinski definition) is 13. The van der Waals surface area contributed by atoms with Crippen molar-refractivity contribution >= 4 is 70.9 Å².